The molecule has 1 amide bonds. The predicted molar refractivity (Wildman–Crippen MR) is 135 cm³/mol. The first kappa shape index (κ1) is 24.2. The summed E-state index contributed by atoms with van der Waals surface area (Å²) in [5.74, 6) is -0.339. The molecule has 0 aliphatic carbocycles. The van der Waals surface area contributed by atoms with Crippen molar-refractivity contribution < 1.29 is 23.0 Å². The van der Waals surface area contributed by atoms with Crippen LogP contribution < -0.4 is 14.4 Å². The normalized spacial score (nSPS) is 14.7. The maximum Gasteiger partial charge on any atom is 0.270 e. The Balaban J connectivity index is 1.56. The van der Waals surface area contributed by atoms with Crippen molar-refractivity contribution >= 4 is 57.6 Å². The number of carbonyl (C=O) groups is 1. The number of carbonyl (C=O) groups excluding carboxylic acids is 1. The number of ether oxygens (including phenoxy) is 2. The van der Waals surface area contributed by atoms with Crippen molar-refractivity contribution in [2.45, 2.75) is 13.5 Å². The van der Waals surface area contributed by atoms with Gasteiger partial charge in [0, 0.05) is 5.56 Å². The molecule has 0 bridgehead atoms. The van der Waals surface area contributed by atoms with E-state index in [1.54, 1.807) is 42.5 Å². The molecule has 1 fully saturated rings. The van der Waals surface area contributed by atoms with Gasteiger partial charge in [-0.15, -0.1) is 0 Å². The molecule has 34 heavy (non-hydrogen) atoms. The summed E-state index contributed by atoms with van der Waals surface area (Å²) in [5, 5.41) is -0.0946. The Morgan fingerprint density at radius 2 is 1.82 bits per heavy atom. The van der Waals surface area contributed by atoms with Crippen LogP contribution in [0.15, 0.2) is 65.6 Å². The Morgan fingerprint density at radius 3 is 2.56 bits per heavy atom. The van der Waals surface area contributed by atoms with Gasteiger partial charge in [-0.05, 0) is 55.0 Å². The van der Waals surface area contributed by atoms with Crippen molar-refractivity contribution in [2.75, 3.05) is 11.5 Å². The molecule has 0 unspecified atom stereocenters. The molecule has 0 atom stereocenters. The van der Waals surface area contributed by atoms with Crippen LogP contribution in [0, 0.1) is 11.6 Å². The topological polar surface area (TPSA) is 38.8 Å². The quantitative estimate of drug-likeness (QED) is 0.249. The average molecular weight is 518 g/mol. The smallest absolute Gasteiger partial charge is 0.270 e. The summed E-state index contributed by atoms with van der Waals surface area (Å²) < 4.78 is 39.2. The van der Waals surface area contributed by atoms with E-state index in [2.05, 4.69) is 0 Å². The van der Waals surface area contributed by atoms with E-state index in [1.807, 2.05) is 6.92 Å². The highest BCUT2D eigenvalue weighted by Crippen LogP contribution is 2.38. The molecule has 1 heterocycles. The van der Waals surface area contributed by atoms with Gasteiger partial charge in [-0.25, -0.2) is 8.78 Å². The van der Waals surface area contributed by atoms with E-state index in [9.17, 15) is 13.6 Å². The lowest BCUT2D eigenvalue weighted by molar-refractivity contribution is -0.113. The number of halogens is 3. The molecular weight excluding hydrogens is 500 g/mol. The third-order valence-corrected chi connectivity index (χ3v) is 6.45. The molecule has 174 valence electrons. The molecular formula is C25H18ClF2NO3S2. The van der Waals surface area contributed by atoms with Crippen LogP contribution >= 0.6 is 35.6 Å². The zero-order valence-electron chi connectivity index (χ0n) is 17.9. The van der Waals surface area contributed by atoms with Gasteiger partial charge in [-0.3, -0.25) is 9.69 Å². The van der Waals surface area contributed by atoms with Gasteiger partial charge in [0.1, 0.15) is 18.2 Å². The number of thioether (sulfide) groups is 1. The van der Waals surface area contributed by atoms with Crippen LogP contribution in [-0.4, -0.2) is 16.8 Å². The number of nitrogens with zero attached hydrogens (tertiary/aromatic N) is 1. The van der Waals surface area contributed by atoms with Gasteiger partial charge < -0.3 is 9.47 Å². The molecule has 3 aromatic carbocycles. The molecule has 0 radical (unpaired) electrons. The minimum absolute atomic E-state index is 0.0466. The van der Waals surface area contributed by atoms with Crippen LogP contribution in [0.2, 0.25) is 5.02 Å². The Hall–Kier alpha value is -2.94. The largest absolute Gasteiger partial charge is 0.490 e. The Labute approximate surface area is 210 Å². The zero-order chi connectivity index (χ0) is 24.2. The van der Waals surface area contributed by atoms with E-state index in [4.69, 9.17) is 33.3 Å². The summed E-state index contributed by atoms with van der Waals surface area (Å²) in [4.78, 5) is 14.7. The number of thiocarbonyl (C=S) groups is 1. The third kappa shape index (κ3) is 5.24. The van der Waals surface area contributed by atoms with E-state index in [-0.39, 0.29) is 23.4 Å². The number of anilines is 1. The number of amides is 1. The highest BCUT2D eigenvalue weighted by molar-refractivity contribution is 8.27. The maximum atomic E-state index is 13.9. The second-order valence-electron chi connectivity index (χ2n) is 7.13. The lowest BCUT2D eigenvalue weighted by Crippen LogP contribution is -2.27. The van der Waals surface area contributed by atoms with Crippen LogP contribution in [-0.2, 0) is 11.4 Å². The SMILES string of the molecule is CCOc1cc(C=C2SC(=S)N(c3ccc(F)c(Cl)c3)C2=O)ccc1OCc1ccccc1F. The van der Waals surface area contributed by atoms with E-state index >= 15 is 0 Å². The Bertz CT molecular complexity index is 1300. The summed E-state index contributed by atoms with van der Waals surface area (Å²) >= 11 is 12.4. The number of hydrogen-bond donors (Lipinski definition) is 0. The van der Waals surface area contributed by atoms with Crippen molar-refractivity contribution in [3.05, 3.63) is 93.4 Å². The van der Waals surface area contributed by atoms with Gasteiger partial charge in [-0.2, -0.15) is 0 Å². The fourth-order valence-corrected chi connectivity index (χ4v) is 4.71. The van der Waals surface area contributed by atoms with Crippen LogP contribution in [0.5, 0.6) is 11.5 Å². The molecule has 3 aromatic rings. The van der Waals surface area contributed by atoms with Gasteiger partial charge in [0.05, 0.1) is 22.2 Å². The lowest BCUT2D eigenvalue weighted by Gasteiger charge is -2.15. The second kappa shape index (κ2) is 10.5. The van der Waals surface area contributed by atoms with E-state index < -0.39 is 5.82 Å². The predicted octanol–water partition coefficient (Wildman–Crippen LogP) is 7.00. The average Bonchev–Trinajstić information content (AvgIpc) is 3.09. The summed E-state index contributed by atoms with van der Waals surface area (Å²) in [6.45, 7) is 2.28. The van der Waals surface area contributed by atoms with Gasteiger partial charge in [0.2, 0.25) is 0 Å². The summed E-state index contributed by atoms with van der Waals surface area (Å²) in [7, 11) is 0. The zero-order valence-corrected chi connectivity index (χ0v) is 20.3. The standard InChI is InChI=1S/C25H18ClF2NO3S2/c1-2-31-22-11-15(7-10-21(22)32-14-16-5-3-4-6-19(16)27)12-23-24(30)29(25(33)34-23)17-8-9-20(28)18(26)13-17/h3-13H,2,14H2,1H3. The van der Waals surface area contributed by atoms with Crippen molar-refractivity contribution in [3.63, 3.8) is 0 Å². The molecule has 1 saturated heterocycles. The highest BCUT2D eigenvalue weighted by atomic mass is 35.5. The fraction of sp³-hybridized carbons (Fsp3) is 0.120. The first-order valence-electron chi connectivity index (χ1n) is 10.2. The minimum atomic E-state index is -0.577. The summed E-state index contributed by atoms with van der Waals surface area (Å²) in [6, 6.07) is 15.6. The van der Waals surface area contributed by atoms with Crippen molar-refractivity contribution in [3.8, 4) is 11.5 Å². The molecule has 0 saturated carbocycles. The molecule has 1 aliphatic rings. The van der Waals surface area contributed by atoms with Crippen LogP contribution in [0.1, 0.15) is 18.1 Å². The van der Waals surface area contributed by atoms with Gasteiger partial charge in [-0.1, -0.05) is 59.8 Å². The summed E-state index contributed by atoms with van der Waals surface area (Å²) in [6.07, 6.45) is 1.69. The van der Waals surface area contributed by atoms with Gasteiger partial charge >= 0.3 is 0 Å². The highest BCUT2D eigenvalue weighted by Gasteiger charge is 2.33. The number of rotatable bonds is 7. The lowest BCUT2D eigenvalue weighted by atomic mass is 10.1. The Kier molecular flexibility index (Phi) is 7.50. The molecule has 1 aliphatic heterocycles. The van der Waals surface area contributed by atoms with E-state index in [1.165, 1.54) is 29.2 Å². The first-order chi connectivity index (χ1) is 16.4. The molecule has 4 nitrogen and oxygen atoms in total. The maximum absolute atomic E-state index is 13.9. The van der Waals surface area contributed by atoms with Crippen LogP contribution in [0.3, 0.4) is 0 Å². The Morgan fingerprint density at radius 1 is 1.03 bits per heavy atom. The van der Waals surface area contributed by atoms with E-state index in [0.717, 1.165) is 11.8 Å². The van der Waals surface area contributed by atoms with Gasteiger partial charge in [0.15, 0.2) is 15.8 Å². The van der Waals surface area contributed by atoms with Gasteiger partial charge in [0.25, 0.3) is 5.91 Å². The third-order valence-electron chi connectivity index (χ3n) is 4.86. The van der Waals surface area contributed by atoms with Crippen molar-refractivity contribution in [1.82, 2.24) is 0 Å². The molecule has 0 spiro atoms. The van der Waals surface area contributed by atoms with Crippen molar-refractivity contribution in [2.24, 2.45) is 0 Å². The van der Waals surface area contributed by atoms with Crippen LogP contribution in [0.4, 0.5) is 14.5 Å². The monoisotopic (exact) mass is 517 g/mol. The number of hydrogen-bond acceptors (Lipinski definition) is 5. The minimum Gasteiger partial charge on any atom is -0.490 e. The van der Waals surface area contributed by atoms with Crippen molar-refractivity contribution in [1.29, 1.82) is 0 Å². The van der Waals surface area contributed by atoms with Crippen LogP contribution in [0.25, 0.3) is 6.08 Å². The molecule has 9 heteroatoms. The molecule has 0 aromatic heterocycles. The fourth-order valence-electron chi connectivity index (χ4n) is 3.24. The van der Waals surface area contributed by atoms with E-state index in [0.29, 0.717) is 44.1 Å². The number of benzene rings is 3. The molecule has 4 rings (SSSR count). The summed E-state index contributed by atoms with van der Waals surface area (Å²) in [5.41, 5.74) is 1.52. The molecule has 0 N–H and O–H groups in total. The first-order valence-corrected chi connectivity index (χ1v) is 11.8. The second-order valence-corrected chi connectivity index (χ2v) is 9.22.